The van der Waals surface area contributed by atoms with E-state index in [9.17, 15) is 18.0 Å². The number of sulfonamides is 1. The topological polar surface area (TPSA) is 83.6 Å². The summed E-state index contributed by atoms with van der Waals surface area (Å²) in [6.45, 7) is 5.43. The molecule has 2 aromatic rings. The number of hydrogen-bond acceptors (Lipinski definition) is 4. The van der Waals surface area contributed by atoms with Gasteiger partial charge in [0.25, 0.3) is 0 Å². The number of hydrogen-bond donors (Lipinski definition) is 1. The highest BCUT2D eigenvalue weighted by Crippen LogP contribution is 2.58. The fourth-order valence-corrected chi connectivity index (χ4v) is 8.54. The van der Waals surface area contributed by atoms with Crippen molar-refractivity contribution in [3.05, 3.63) is 69.7 Å². The van der Waals surface area contributed by atoms with Crippen LogP contribution in [0, 0.1) is 11.3 Å². The monoisotopic (exact) mass is 576 g/mol. The summed E-state index contributed by atoms with van der Waals surface area (Å²) in [6.07, 6.45) is 2.61. The Bertz CT molecular complexity index is 1340. The van der Waals surface area contributed by atoms with Gasteiger partial charge in [-0.05, 0) is 81.3 Å². The van der Waals surface area contributed by atoms with E-state index in [1.807, 2.05) is 62.1 Å². The van der Waals surface area contributed by atoms with E-state index in [4.69, 9.17) is 23.2 Å². The Hall–Kier alpha value is -1.93. The molecule has 5 rings (SSSR count). The smallest absolute Gasteiger partial charge is 0.230 e. The first-order valence-electron chi connectivity index (χ1n) is 13.1. The van der Waals surface area contributed by atoms with Gasteiger partial charge in [0.1, 0.15) is 5.78 Å². The highest BCUT2D eigenvalue weighted by atomic mass is 35.5. The van der Waals surface area contributed by atoms with E-state index in [-0.39, 0.29) is 42.1 Å². The second-order valence-corrected chi connectivity index (χ2v) is 14.9. The van der Waals surface area contributed by atoms with Gasteiger partial charge in [-0.2, -0.15) is 0 Å². The summed E-state index contributed by atoms with van der Waals surface area (Å²) in [5.74, 6) is -0.315. The molecule has 38 heavy (non-hydrogen) atoms. The van der Waals surface area contributed by atoms with Crippen molar-refractivity contribution in [1.29, 1.82) is 0 Å². The van der Waals surface area contributed by atoms with E-state index in [2.05, 4.69) is 4.72 Å². The lowest BCUT2D eigenvalue weighted by Crippen LogP contribution is -2.62. The maximum Gasteiger partial charge on any atom is 0.230 e. The Kier molecular flexibility index (Phi) is 7.21. The van der Waals surface area contributed by atoms with E-state index in [1.54, 1.807) is 12.1 Å². The summed E-state index contributed by atoms with van der Waals surface area (Å²) in [4.78, 5) is 28.6. The van der Waals surface area contributed by atoms with Crippen molar-refractivity contribution in [1.82, 2.24) is 9.62 Å². The molecule has 2 saturated carbocycles. The van der Waals surface area contributed by atoms with Crippen molar-refractivity contribution < 1.29 is 18.0 Å². The van der Waals surface area contributed by atoms with Crippen molar-refractivity contribution in [2.45, 2.75) is 76.4 Å². The van der Waals surface area contributed by atoms with E-state index in [0.29, 0.717) is 16.5 Å². The fourth-order valence-electron chi connectivity index (χ4n) is 6.32. The minimum absolute atomic E-state index is 0.0677. The SMILES string of the molecule is CC(C)(C)NS(=O)(=O)CC(C1CC1)N1C(=O)C2(CC(=O)C2)C[C@H](c2cccc(Cl)c2)[C@H]1c1ccc(Cl)cc1. The van der Waals surface area contributed by atoms with Gasteiger partial charge in [0.05, 0.1) is 23.3 Å². The lowest BCUT2D eigenvalue weighted by Gasteiger charge is -2.55. The van der Waals surface area contributed by atoms with Crippen molar-refractivity contribution in [2.24, 2.45) is 11.3 Å². The molecular formula is C29H34Cl2N2O4S. The molecular weight excluding hydrogens is 543 g/mol. The van der Waals surface area contributed by atoms with E-state index in [0.717, 1.165) is 24.0 Å². The zero-order valence-electron chi connectivity index (χ0n) is 21.9. The molecule has 1 saturated heterocycles. The van der Waals surface area contributed by atoms with Crippen LogP contribution in [0.5, 0.6) is 0 Å². The van der Waals surface area contributed by atoms with Gasteiger partial charge in [-0.1, -0.05) is 47.5 Å². The average molecular weight is 578 g/mol. The number of nitrogens with zero attached hydrogens (tertiary/aromatic N) is 1. The molecule has 3 fully saturated rings. The first-order chi connectivity index (χ1) is 17.8. The second kappa shape index (κ2) is 9.92. The van der Waals surface area contributed by atoms with Crippen LogP contribution in [0.3, 0.4) is 0 Å². The Labute approximate surface area is 235 Å². The number of benzene rings is 2. The summed E-state index contributed by atoms with van der Waals surface area (Å²) in [5.41, 5.74) is 0.403. The largest absolute Gasteiger partial charge is 0.330 e. The minimum Gasteiger partial charge on any atom is -0.330 e. The number of Topliss-reactive ketones (excluding diaryl/α,β-unsaturated/α-hetero) is 1. The normalized spacial score (nSPS) is 24.4. The predicted molar refractivity (Wildman–Crippen MR) is 150 cm³/mol. The maximum atomic E-state index is 14.4. The van der Waals surface area contributed by atoms with Crippen LogP contribution in [-0.2, 0) is 19.6 Å². The zero-order valence-corrected chi connectivity index (χ0v) is 24.2. The van der Waals surface area contributed by atoms with Crippen LogP contribution in [0.15, 0.2) is 48.5 Å². The number of halogens is 2. The molecule has 0 bridgehead atoms. The number of carbonyl (C=O) groups excluding carboxylic acids is 2. The summed E-state index contributed by atoms with van der Waals surface area (Å²) in [6, 6.07) is 14.1. The highest BCUT2D eigenvalue weighted by molar-refractivity contribution is 7.89. The molecule has 1 heterocycles. The molecule has 2 aromatic carbocycles. The van der Waals surface area contributed by atoms with Crippen LogP contribution in [0.4, 0.5) is 0 Å². The summed E-state index contributed by atoms with van der Waals surface area (Å²) in [5, 5.41) is 1.17. The van der Waals surface area contributed by atoms with Crippen LogP contribution in [-0.4, -0.2) is 42.3 Å². The van der Waals surface area contributed by atoms with Gasteiger partial charge in [0, 0.05) is 34.3 Å². The third-order valence-corrected chi connectivity index (χ3v) is 10.1. The number of nitrogens with one attached hydrogen (secondary N) is 1. The van der Waals surface area contributed by atoms with Crippen LogP contribution in [0.25, 0.3) is 0 Å². The van der Waals surface area contributed by atoms with E-state index in [1.165, 1.54) is 0 Å². The predicted octanol–water partition coefficient (Wildman–Crippen LogP) is 5.90. The number of ketones is 1. The molecule has 1 N–H and O–H groups in total. The quantitative estimate of drug-likeness (QED) is 0.445. The van der Waals surface area contributed by atoms with Crippen LogP contribution in [0.1, 0.15) is 76.0 Å². The van der Waals surface area contributed by atoms with Gasteiger partial charge in [-0.3, -0.25) is 9.59 Å². The first kappa shape index (κ1) is 27.6. The summed E-state index contributed by atoms with van der Waals surface area (Å²) >= 11 is 12.6. The standard InChI is InChI=1S/C29H34Cl2N2O4S/c1-28(2,3)32-38(36,37)17-25(18-7-8-18)33-26(19-9-11-21(30)12-10-19)24(20-5-4-6-22(31)13-20)16-29(27(33)35)14-23(34)15-29/h4-6,9-13,18,24-26,32H,7-8,14-17H2,1-3H3/t24-,25?,26-/m1/s1. The number of likely N-dealkylation sites (tertiary alicyclic amines) is 1. The van der Waals surface area contributed by atoms with Gasteiger partial charge in [-0.15, -0.1) is 0 Å². The number of piperidine rings is 1. The fraction of sp³-hybridized carbons (Fsp3) is 0.517. The molecule has 0 radical (unpaired) electrons. The molecule has 1 unspecified atom stereocenters. The molecule has 2 aliphatic carbocycles. The lowest BCUT2D eigenvalue weighted by molar-refractivity contribution is -0.168. The Balaban J connectivity index is 1.65. The molecule has 0 aromatic heterocycles. The van der Waals surface area contributed by atoms with E-state index < -0.39 is 33.1 Å². The maximum absolute atomic E-state index is 14.4. The second-order valence-electron chi connectivity index (χ2n) is 12.3. The number of amides is 1. The van der Waals surface area contributed by atoms with Crippen LogP contribution in [0.2, 0.25) is 10.0 Å². The molecule has 1 aliphatic heterocycles. The third-order valence-electron chi connectivity index (χ3n) is 7.91. The van der Waals surface area contributed by atoms with Crippen molar-refractivity contribution in [3.63, 3.8) is 0 Å². The Morgan fingerprint density at radius 3 is 2.21 bits per heavy atom. The highest BCUT2D eigenvalue weighted by Gasteiger charge is 2.60. The van der Waals surface area contributed by atoms with Gasteiger partial charge in [-0.25, -0.2) is 13.1 Å². The van der Waals surface area contributed by atoms with Crippen molar-refractivity contribution >= 4 is 44.9 Å². The third kappa shape index (κ3) is 5.67. The first-order valence-corrected chi connectivity index (χ1v) is 15.5. The van der Waals surface area contributed by atoms with Gasteiger partial charge >= 0.3 is 0 Å². The zero-order chi connectivity index (χ0) is 27.5. The van der Waals surface area contributed by atoms with Crippen LogP contribution >= 0.6 is 23.2 Å². The molecule has 204 valence electrons. The Morgan fingerprint density at radius 1 is 1.00 bits per heavy atom. The molecule has 3 aliphatic rings. The van der Waals surface area contributed by atoms with Crippen LogP contribution < -0.4 is 4.72 Å². The van der Waals surface area contributed by atoms with E-state index >= 15 is 0 Å². The molecule has 3 atom stereocenters. The number of carbonyl (C=O) groups is 2. The average Bonchev–Trinajstić information content (AvgIpc) is 3.62. The molecule has 6 nitrogen and oxygen atoms in total. The number of rotatable bonds is 7. The van der Waals surface area contributed by atoms with Gasteiger partial charge in [0.2, 0.25) is 15.9 Å². The molecule has 9 heteroatoms. The molecule has 1 spiro atoms. The Morgan fingerprint density at radius 2 is 1.66 bits per heavy atom. The summed E-state index contributed by atoms with van der Waals surface area (Å²) < 4.78 is 29.5. The minimum atomic E-state index is -3.71. The summed E-state index contributed by atoms with van der Waals surface area (Å²) in [7, 11) is -3.71. The lowest BCUT2D eigenvalue weighted by atomic mass is 9.57. The van der Waals surface area contributed by atoms with Gasteiger partial charge < -0.3 is 4.90 Å². The van der Waals surface area contributed by atoms with Crippen molar-refractivity contribution in [3.8, 4) is 0 Å². The van der Waals surface area contributed by atoms with Gasteiger partial charge in [0.15, 0.2) is 0 Å². The molecule has 1 amide bonds. The van der Waals surface area contributed by atoms with Crippen molar-refractivity contribution in [2.75, 3.05) is 5.75 Å².